The van der Waals surface area contributed by atoms with Crippen molar-refractivity contribution in [1.82, 2.24) is 10.2 Å². The van der Waals surface area contributed by atoms with Crippen LogP contribution in [0.25, 0.3) is 0 Å². The molecule has 110 valence electrons. The molecular weight excluding hydrogens is 253 g/mol. The van der Waals surface area contributed by atoms with Gasteiger partial charge in [0, 0.05) is 32.2 Å². The summed E-state index contributed by atoms with van der Waals surface area (Å²) in [6.45, 7) is 4.74. The predicted octanol–water partition coefficient (Wildman–Crippen LogP) is 2.22. The first-order chi connectivity index (χ1) is 9.74. The zero-order valence-electron chi connectivity index (χ0n) is 12.2. The Hall–Kier alpha value is -1.13. The molecule has 1 heterocycles. The lowest BCUT2D eigenvalue weighted by molar-refractivity contribution is 0.360. The number of halogens is 1. The number of likely N-dealkylation sites (N-methyl/N-ethyl adjacent to an activating group) is 1. The van der Waals surface area contributed by atoms with Crippen LogP contribution in [-0.2, 0) is 6.54 Å². The first-order valence-corrected chi connectivity index (χ1v) is 7.68. The van der Waals surface area contributed by atoms with Crippen molar-refractivity contribution in [3.63, 3.8) is 0 Å². The average molecular weight is 277 g/mol. The minimum absolute atomic E-state index is 0.0790. The molecule has 1 N–H and O–H groups in total. The first-order valence-electron chi connectivity index (χ1n) is 7.68. The Morgan fingerprint density at radius 1 is 1.20 bits per heavy atom. The maximum atomic E-state index is 14.3. The summed E-state index contributed by atoms with van der Waals surface area (Å²) in [6.07, 6.45) is 3.62. The van der Waals surface area contributed by atoms with Crippen LogP contribution in [0.2, 0.25) is 0 Å². The largest absolute Gasteiger partial charge is 0.368 e. The maximum Gasteiger partial charge on any atom is 0.146 e. The fraction of sp³-hybridized carbons (Fsp3) is 0.625. The van der Waals surface area contributed by atoms with Crippen LogP contribution in [0.5, 0.6) is 0 Å². The van der Waals surface area contributed by atoms with Crippen LogP contribution < -0.4 is 10.2 Å². The zero-order valence-corrected chi connectivity index (χ0v) is 12.2. The molecule has 1 aromatic carbocycles. The van der Waals surface area contributed by atoms with Gasteiger partial charge in [0.1, 0.15) is 5.82 Å². The van der Waals surface area contributed by atoms with Crippen molar-refractivity contribution in [2.75, 3.05) is 38.1 Å². The molecule has 1 aliphatic carbocycles. The summed E-state index contributed by atoms with van der Waals surface area (Å²) in [6, 6.07) is 6.13. The normalized spacial score (nSPS) is 21.0. The monoisotopic (exact) mass is 277 g/mol. The lowest BCUT2D eigenvalue weighted by Gasteiger charge is -2.26. The van der Waals surface area contributed by atoms with Gasteiger partial charge in [-0.1, -0.05) is 12.1 Å². The lowest BCUT2D eigenvalue weighted by atomic mass is 10.1. The van der Waals surface area contributed by atoms with E-state index in [2.05, 4.69) is 28.2 Å². The molecule has 0 bridgehead atoms. The fourth-order valence-electron chi connectivity index (χ4n) is 2.87. The Morgan fingerprint density at radius 3 is 2.85 bits per heavy atom. The van der Waals surface area contributed by atoms with E-state index < -0.39 is 0 Å². The number of rotatable bonds is 4. The average Bonchev–Trinajstić information content (AvgIpc) is 3.25. The van der Waals surface area contributed by atoms with Crippen molar-refractivity contribution in [2.24, 2.45) is 0 Å². The highest BCUT2D eigenvalue weighted by atomic mass is 19.1. The molecule has 3 nitrogen and oxygen atoms in total. The van der Waals surface area contributed by atoms with Crippen LogP contribution in [0.3, 0.4) is 0 Å². The molecule has 2 fully saturated rings. The molecule has 0 unspecified atom stereocenters. The van der Waals surface area contributed by atoms with Crippen LogP contribution in [0.1, 0.15) is 24.8 Å². The molecule has 0 amide bonds. The van der Waals surface area contributed by atoms with E-state index in [1.54, 1.807) is 6.07 Å². The van der Waals surface area contributed by atoms with E-state index in [1.807, 2.05) is 6.07 Å². The molecule has 4 heteroatoms. The van der Waals surface area contributed by atoms with Crippen LogP contribution in [0.4, 0.5) is 10.1 Å². The van der Waals surface area contributed by atoms with Gasteiger partial charge in [0.25, 0.3) is 0 Å². The Kier molecular flexibility index (Phi) is 4.22. The first kappa shape index (κ1) is 13.8. The third-order valence-corrected chi connectivity index (χ3v) is 4.26. The molecule has 3 rings (SSSR count). The molecule has 0 atom stereocenters. The van der Waals surface area contributed by atoms with Gasteiger partial charge in [-0.15, -0.1) is 0 Å². The molecule has 20 heavy (non-hydrogen) atoms. The summed E-state index contributed by atoms with van der Waals surface area (Å²) in [7, 11) is 2.14. The highest BCUT2D eigenvalue weighted by Crippen LogP contribution is 2.27. The summed E-state index contributed by atoms with van der Waals surface area (Å²) in [4.78, 5) is 4.55. The van der Waals surface area contributed by atoms with Gasteiger partial charge in [0.05, 0.1) is 5.69 Å². The van der Waals surface area contributed by atoms with E-state index in [-0.39, 0.29) is 5.82 Å². The Morgan fingerprint density at radius 2 is 2.05 bits per heavy atom. The number of anilines is 1. The minimum Gasteiger partial charge on any atom is -0.368 e. The maximum absolute atomic E-state index is 14.3. The molecule has 0 aromatic heterocycles. The fourth-order valence-corrected chi connectivity index (χ4v) is 2.87. The zero-order chi connectivity index (χ0) is 13.9. The standard InChI is InChI=1S/C16H24FN3/c1-19-8-3-9-20(11-10-19)16-13(4-2-5-15(16)17)12-18-14-6-7-14/h2,4-5,14,18H,3,6-12H2,1H3. The van der Waals surface area contributed by atoms with Gasteiger partial charge in [-0.3, -0.25) is 0 Å². The van der Waals surface area contributed by atoms with Crippen molar-refractivity contribution in [1.29, 1.82) is 0 Å². The van der Waals surface area contributed by atoms with Gasteiger partial charge >= 0.3 is 0 Å². The van der Waals surface area contributed by atoms with Crippen LogP contribution in [-0.4, -0.2) is 44.2 Å². The van der Waals surface area contributed by atoms with Gasteiger partial charge in [0.15, 0.2) is 0 Å². The van der Waals surface area contributed by atoms with Crippen molar-refractivity contribution in [2.45, 2.75) is 31.8 Å². The topological polar surface area (TPSA) is 18.5 Å². The Balaban J connectivity index is 1.78. The number of para-hydroxylation sites is 1. The van der Waals surface area contributed by atoms with Crippen LogP contribution in [0, 0.1) is 5.82 Å². The molecule has 1 aliphatic heterocycles. The lowest BCUT2D eigenvalue weighted by Crippen LogP contribution is -2.31. The van der Waals surface area contributed by atoms with Crippen molar-refractivity contribution < 1.29 is 4.39 Å². The van der Waals surface area contributed by atoms with Gasteiger partial charge in [-0.25, -0.2) is 4.39 Å². The molecule has 1 saturated carbocycles. The van der Waals surface area contributed by atoms with Gasteiger partial charge < -0.3 is 15.1 Å². The SMILES string of the molecule is CN1CCCN(c2c(F)cccc2CNC2CC2)CC1. The summed E-state index contributed by atoms with van der Waals surface area (Å²) >= 11 is 0. The Bertz CT molecular complexity index is 459. The van der Waals surface area contributed by atoms with Gasteiger partial charge in [0.2, 0.25) is 0 Å². The number of nitrogens with one attached hydrogen (secondary N) is 1. The van der Waals surface area contributed by atoms with Crippen LogP contribution >= 0.6 is 0 Å². The van der Waals surface area contributed by atoms with E-state index in [4.69, 9.17) is 0 Å². The van der Waals surface area contributed by atoms with E-state index >= 15 is 0 Å². The Labute approximate surface area is 120 Å². The van der Waals surface area contributed by atoms with E-state index in [1.165, 1.54) is 12.8 Å². The molecule has 2 aliphatic rings. The molecular formula is C16H24FN3. The number of hydrogen-bond acceptors (Lipinski definition) is 3. The second kappa shape index (κ2) is 6.10. The summed E-state index contributed by atoms with van der Waals surface area (Å²) in [5, 5.41) is 3.50. The van der Waals surface area contributed by atoms with Crippen LogP contribution in [0.15, 0.2) is 18.2 Å². The minimum atomic E-state index is -0.0790. The smallest absolute Gasteiger partial charge is 0.146 e. The second-order valence-corrected chi connectivity index (χ2v) is 6.05. The number of benzene rings is 1. The van der Waals surface area contributed by atoms with Gasteiger partial charge in [-0.2, -0.15) is 0 Å². The molecule has 1 aromatic rings. The van der Waals surface area contributed by atoms with Gasteiger partial charge in [-0.05, 0) is 44.5 Å². The summed E-state index contributed by atoms with van der Waals surface area (Å²) in [5.74, 6) is -0.0790. The summed E-state index contributed by atoms with van der Waals surface area (Å²) in [5.41, 5.74) is 1.91. The molecule has 1 saturated heterocycles. The predicted molar refractivity (Wildman–Crippen MR) is 80.6 cm³/mol. The van der Waals surface area contributed by atoms with Crippen molar-refractivity contribution in [3.8, 4) is 0 Å². The van der Waals surface area contributed by atoms with Crippen molar-refractivity contribution in [3.05, 3.63) is 29.6 Å². The number of nitrogens with zero attached hydrogens (tertiary/aromatic N) is 2. The number of hydrogen-bond donors (Lipinski definition) is 1. The highest BCUT2D eigenvalue weighted by molar-refractivity contribution is 5.55. The second-order valence-electron chi connectivity index (χ2n) is 6.05. The van der Waals surface area contributed by atoms with E-state index in [9.17, 15) is 4.39 Å². The molecule has 0 radical (unpaired) electrons. The van der Waals surface area contributed by atoms with E-state index in [0.717, 1.165) is 50.4 Å². The quantitative estimate of drug-likeness (QED) is 0.910. The van der Waals surface area contributed by atoms with Crippen molar-refractivity contribution >= 4 is 5.69 Å². The third-order valence-electron chi connectivity index (χ3n) is 4.26. The summed E-state index contributed by atoms with van der Waals surface area (Å²) < 4.78 is 14.3. The van der Waals surface area contributed by atoms with E-state index in [0.29, 0.717) is 6.04 Å². The third kappa shape index (κ3) is 3.30. The highest BCUT2D eigenvalue weighted by Gasteiger charge is 2.23. The molecule has 0 spiro atoms.